The molecule has 0 radical (unpaired) electrons. The summed E-state index contributed by atoms with van der Waals surface area (Å²) in [5.41, 5.74) is 3.48. The largest absolute Gasteiger partial charge is 0.290 e. The number of nitro groups is 1. The van der Waals surface area contributed by atoms with Crippen LogP contribution in [0.15, 0.2) is 24.3 Å². The van der Waals surface area contributed by atoms with E-state index >= 15 is 0 Å². The quantitative estimate of drug-likeness (QED) is 0.477. The SMILES string of the molecule is CC.CC(C)Cc1cc(C2=CCN(CS)CC2)ccc1[N+](=O)[O-]. The second kappa shape index (κ2) is 9.73. The average molecular weight is 337 g/mol. The fourth-order valence-electron chi connectivity index (χ4n) is 2.67. The molecule has 0 aliphatic carbocycles. The third-order valence-electron chi connectivity index (χ3n) is 3.77. The Labute approximate surface area is 145 Å². The van der Waals surface area contributed by atoms with E-state index in [9.17, 15) is 10.1 Å². The third-order valence-corrected chi connectivity index (χ3v) is 4.17. The number of nitro benzene ring substituents is 1. The number of benzene rings is 1. The summed E-state index contributed by atoms with van der Waals surface area (Å²) in [5, 5.41) is 11.1. The lowest BCUT2D eigenvalue weighted by Gasteiger charge is -2.24. The first-order valence-corrected chi connectivity index (χ1v) is 8.94. The van der Waals surface area contributed by atoms with Gasteiger partial charge in [0, 0.05) is 30.6 Å². The van der Waals surface area contributed by atoms with Crippen molar-refractivity contribution in [2.75, 3.05) is 19.0 Å². The topological polar surface area (TPSA) is 46.4 Å². The monoisotopic (exact) mass is 336 g/mol. The predicted molar refractivity (Wildman–Crippen MR) is 101 cm³/mol. The van der Waals surface area contributed by atoms with Crippen LogP contribution in [-0.4, -0.2) is 28.8 Å². The molecule has 0 aromatic heterocycles. The van der Waals surface area contributed by atoms with Crippen LogP contribution in [0.2, 0.25) is 0 Å². The van der Waals surface area contributed by atoms with Gasteiger partial charge in [0.1, 0.15) is 0 Å². The van der Waals surface area contributed by atoms with Gasteiger partial charge in [-0.15, -0.1) is 0 Å². The van der Waals surface area contributed by atoms with Crippen molar-refractivity contribution in [1.82, 2.24) is 4.90 Å². The summed E-state index contributed by atoms with van der Waals surface area (Å²) in [6, 6.07) is 5.53. The number of hydrogen-bond acceptors (Lipinski definition) is 4. The molecule has 0 saturated carbocycles. The maximum atomic E-state index is 11.1. The Balaban J connectivity index is 0.00000127. The molecule has 1 aliphatic rings. The molecule has 4 nitrogen and oxygen atoms in total. The smallest absolute Gasteiger partial charge is 0.272 e. The van der Waals surface area contributed by atoms with E-state index in [4.69, 9.17) is 0 Å². The summed E-state index contributed by atoms with van der Waals surface area (Å²) >= 11 is 4.29. The van der Waals surface area contributed by atoms with Gasteiger partial charge in [-0.2, -0.15) is 12.6 Å². The highest BCUT2D eigenvalue weighted by Gasteiger charge is 2.18. The molecule has 0 fully saturated rings. The maximum absolute atomic E-state index is 11.1. The van der Waals surface area contributed by atoms with E-state index in [1.54, 1.807) is 6.07 Å². The lowest BCUT2D eigenvalue weighted by molar-refractivity contribution is -0.385. The van der Waals surface area contributed by atoms with Crippen LogP contribution >= 0.6 is 12.6 Å². The van der Waals surface area contributed by atoms with Gasteiger partial charge in [0.2, 0.25) is 0 Å². The van der Waals surface area contributed by atoms with Crippen LogP contribution in [0.25, 0.3) is 5.57 Å². The zero-order valence-electron chi connectivity index (χ0n) is 14.6. The Morgan fingerprint density at radius 1 is 1.35 bits per heavy atom. The van der Waals surface area contributed by atoms with Crippen LogP contribution in [0.5, 0.6) is 0 Å². The van der Waals surface area contributed by atoms with Gasteiger partial charge in [0.25, 0.3) is 5.69 Å². The van der Waals surface area contributed by atoms with Gasteiger partial charge >= 0.3 is 0 Å². The standard InChI is InChI=1S/C16H22N2O2S.C2H6/c1-12(2)9-15-10-14(3-4-16(15)18(19)20)13-5-7-17(11-21)8-6-13;1-2/h3-5,10,12,21H,6-9,11H2,1-2H3;1-2H3. The summed E-state index contributed by atoms with van der Waals surface area (Å²) in [4.78, 5) is 13.1. The third kappa shape index (κ3) is 5.66. The molecule has 1 aromatic carbocycles. The molecule has 0 amide bonds. The molecule has 0 saturated heterocycles. The van der Waals surface area contributed by atoms with Crippen molar-refractivity contribution in [2.45, 2.75) is 40.5 Å². The molecule has 0 bridgehead atoms. The number of thiol groups is 1. The Morgan fingerprint density at radius 2 is 2.04 bits per heavy atom. The Hall–Kier alpha value is -1.33. The Kier molecular flexibility index (Phi) is 8.34. The van der Waals surface area contributed by atoms with Crippen molar-refractivity contribution in [2.24, 2.45) is 5.92 Å². The average Bonchev–Trinajstić information content (AvgIpc) is 2.56. The highest BCUT2D eigenvalue weighted by atomic mass is 32.1. The number of rotatable bonds is 5. The summed E-state index contributed by atoms with van der Waals surface area (Å²) in [7, 11) is 0. The summed E-state index contributed by atoms with van der Waals surface area (Å²) in [6.45, 7) is 10.1. The Morgan fingerprint density at radius 3 is 2.52 bits per heavy atom. The van der Waals surface area contributed by atoms with E-state index < -0.39 is 0 Å². The molecule has 1 aliphatic heterocycles. The highest BCUT2D eigenvalue weighted by molar-refractivity contribution is 7.80. The fraction of sp³-hybridized carbons (Fsp3) is 0.556. The van der Waals surface area contributed by atoms with Crippen LogP contribution in [-0.2, 0) is 6.42 Å². The first-order chi connectivity index (χ1) is 11.0. The van der Waals surface area contributed by atoms with Gasteiger partial charge in [-0.3, -0.25) is 15.0 Å². The minimum absolute atomic E-state index is 0.237. The normalized spacial score (nSPS) is 15.0. The van der Waals surface area contributed by atoms with Crippen LogP contribution in [0, 0.1) is 16.0 Å². The van der Waals surface area contributed by atoms with E-state index in [2.05, 4.69) is 37.5 Å². The lowest BCUT2D eigenvalue weighted by atomic mass is 9.94. The fourth-order valence-corrected chi connectivity index (χ4v) is 2.93. The van der Waals surface area contributed by atoms with Crippen molar-refractivity contribution in [3.8, 4) is 0 Å². The highest BCUT2D eigenvalue weighted by Crippen LogP contribution is 2.29. The molecular formula is C18H28N2O2S. The van der Waals surface area contributed by atoms with Crippen molar-refractivity contribution >= 4 is 23.9 Å². The van der Waals surface area contributed by atoms with Gasteiger partial charge in [0.15, 0.2) is 0 Å². The number of nitrogens with zero attached hydrogens (tertiary/aromatic N) is 2. The molecule has 0 unspecified atom stereocenters. The molecule has 2 rings (SSSR count). The molecule has 23 heavy (non-hydrogen) atoms. The van der Waals surface area contributed by atoms with Crippen molar-refractivity contribution in [1.29, 1.82) is 0 Å². The molecule has 128 valence electrons. The lowest BCUT2D eigenvalue weighted by Crippen LogP contribution is -2.27. The summed E-state index contributed by atoms with van der Waals surface area (Å²) in [6.07, 6.45) is 3.92. The van der Waals surface area contributed by atoms with Crippen LogP contribution in [0.4, 0.5) is 5.69 Å². The van der Waals surface area contributed by atoms with Crippen LogP contribution in [0.3, 0.4) is 0 Å². The molecular weight excluding hydrogens is 308 g/mol. The van der Waals surface area contributed by atoms with Crippen LogP contribution < -0.4 is 0 Å². The predicted octanol–water partition coefficient (Wildman–Crippen LogP) is 4.80. The van der Waals surface area contributed by atoms with Gasteiger partial charge in [0.05, 0.1) is 4.92 Å². The van der Waals surface area contributed by atoms with E-state index in [0.29, 0.717) is 5.92 Å². The first-order valence-electron chi connectivity index (χ1n) is 8.31. The van der Waals surface area contributed by atoms with Crippen molar-refractivity contribution in [3.05, 3.63) is 45.5 Å². The van der Waals surface area contributed by atoms with Crippen molar-refractivity contribution < 1.29 is 4.92 Å². The minimum atomic E-state index is -0.278. The van der Waals surface area contributed by atoms with Crippen molar-refractivity contribution in [3.63, 3.8) is 0 Å². The summed E-state index contributed by atoms with van der Waals surface area (Å²) < 4.78 is 0. The van der Waals surface area contributed by atoms with Gasteiger partial charge in [-0.25, -0.2) is 0 Å². The van der Waals surface area contributed by atoms with Gasteiger partial charge in [-0.1, -0.05) is 33.8 Å². The Bertz CT molecular complexity index is 556. The molecule has 1 heterocycles. The zero-order chi connectivity index (χ0) is 17.4. The molecule has 5 heteroatoms. The van der Waals surface area contributed by atoms with E-state index in [1.165, 1.54) is 5.57 Å². The van der Waals surface area contributed by atoms with E-state index in [0.717, 1.165) is 42.9 Å². The van der Waals surface area contributed by atoms with E-state index in [-0.39, 0.29) is 10.6 Å². The number of hydrogen-bond donors (Lipinski definition) is 1. The molecule has 0 spiro atoms. The second-order valence-corrected chi connectivity index (χ2v) is 6.18. The zero-order valence-corrected chi connectivity index (χ0v) is 15.5. The second-order valence-electron chi connectivity index (χ2n) is 5.90. The molecule has 0 N–H and O–H groups in total. The summed E-state index contributed by atoms with van der Waals surface area (Å²) in [5.74, 6) is 1.17. The maximum Gasteiger partial charge on any atom is 0.272 e. The molecule has 1 aromatic rings. The van der Waals surface area contributed by atoms with Crippen LogP contribution in [0.1, 0.15) is 45.2 Å². The minimum Gasteiger partial charge on any atom is -0.290 e. The van der Waals surface area contributed by atoms with E-state index in [1.807, 2.05) is 26.0 Å². The molecule has 0 atom stereocenters. The van der Waals surface area contributed by atoms with Gasteiger partial charge < -0.3 is 0 Å². The first kappa shape index (κ1) is 19.7. The van der Waals surface area contributed by atoms with Gasteiger partial charge in [-0.05, 0) is 42.0 Å².